The number of aryl methyl sites for hydroxylation is 2. The van der Waals surface area contributed by atoms with Gasteiger partial charge in [-0.3, -0.25) is 0 Å². The molecular weight excluding hydrogens is 226 g/mol. The monoisotopic (exact) mass is 239 g/mol. The fraction of sp³-hybridized carbons (Fsp3) is 0.400. The lowest BCUT2D eigenvalue weighted by molar-refractivity contribution is 1.04. The van der Waals surface area contributed by atoms with Crippen molar-refractivity contribution in [1.29, 1.82) is 0 Å². The first-order valence-corrected chi connectivity index (χ1v) is 6.57. The summed E-state index contributed by atoms with van der Waals surface area (Å²) in [4.78, 5) is 9.98. The van der Waals surface area contributed by atoms with E-state index >= 15 is 0 Å². The molecule has 2 aromatic rings. The number of nitrogens with one attached hydrogen (secondary N) is 1. The van der Waals surface area contributed by atoms with E-state index in [0.29, 0.717) is 0 Å². The molecule has 0 spiro atoms. The molecule has 0 atom stereocenters. The molecule has 2 rings (SSSR count). The van der Waals surface area contributed by atoms with Crippen LogP contribution in [0.2, 0.25) is 0 Å². The minimum Gasteiger partial charge on any atom is -0.355 e. The van der Waals surface area contributed by atoms with Crippen molar-refractivity contribution >= 4 is 27.8 Å². The first-order valence-electron chi connectivity index (χ1n) is 4.87. The van der Waals surface area contributed by atoms with E-state index in [2.05, 4.69) is 34.5 Å². The van der Waals surface area contributed by atoms with Gasteiger partial charge in [0.15, 0.2) is 5.13 Å². The first kappa shape index (κ1) is 10.6. The standard InChI is InChI=1S/C10H13N3S2/c1-3-8-6-14-10(13-8)12-5-9-11-4-7(2)15-9/h4,6H,3,5H2,1-2H3,(H,12,13). The molecule has 15 heavy (non-hydrogen) atoms. The lowest BCUT2D eigenvalue weighted by Crippen LogP contribution is -1.98. The van der Waals surface area contributed by atoms with Crippen LogP contribution in [0.5, 0.6) is 0 Å². The Morgan fingerprint density at radius 3 is 2.93 bits per heavy atom. The Hall–Kier alpha value is -0.940. The number of thiazole rings is 2. The molecule has 3 nitrogen and oxygen atoms in total. The quantitative estimate of drug-likeness (QED) is 0.891. The maximum atomic E-state index is 4.43. The molecule has 0 saturated heterocycles. The van der Waals surface area contributed by atoms with Gasteiger partial charge in [-0.25, -0.2) is 9.97 Å². The smallest absolute Gasteiger partial charge is 0.183 e. The molecule has 0 aliphatic heterocycles. The molecule has 0 aromatic carbocycles. The Bertz CT molecular complexity index is 433. The van der Waals surface area contributed by atoms with E-state index in [9.17, 15) is 0 Å². The zero-order valence-corrected chi connectivity index (χ0v) is 10.4. The van der Waals surface area contributed by atoms with Crippen LogP contribution in [0.25, 0.3) is 0 Å². The summed E-state index contributed by atoms with van der Waals surface area (Å²) in [6.45, 7) is 4.96. The van der Waals surface area contributed by atoms with Crippen molar-refractivity contribution in [3.63, 3.8) is 0 Å². The minimum atomic E-state index is 0.773. The van der Waals surface area contributed by atoms with Crippen LogP contribution >= 0.6 is 22.7 Å². The maximum Gasteiger partial charge on any atom is 0.183 e. The number of anilines is 1. The van der Waals surface area contributed by atoms with Crippen LogP contribution in [0, 0.1) is 6.92 Å². The van der Waals surface area contributed by atoms with Gasteiger partial charge in [0.25, 0.3) is 0 Å². The molecule has 0 aliphatic carbocycles. The average molecular weight is 239 g/mol. The van der Waals surface area contributed by atoms with Gasteiger partial charge in [-0.05, 0) is 13.3 Å². The normalized spacial score (nSPS) is 10.5. The lowest BCUT2D eigenvalue weighted by Gasteiger charge is -1.97. The molecule has 0 radical (unpaired) electrons. The lowest BCUT2D eigenvalue weighted by atomic mass is 10.4. The summed E-state index contributed by atoms with van der Waals surface area (Å²) in [7, 11) is 0. The SMILES string of the molecule is CCc1csc(NCc2ncc(C)s2)n1. The minimum absolute atomic E-state index is 0.773. The van der Waals surface area contributed by atoms with Crippen molar-refractivity contribution < 1.29 is 0 Å². The van der Waals surface area contributed by atoms with E-state index in [4.69, 9.17) is 0 Å². The first-order chi connectivity index (χ1) is 7.28. The van der Waals surface area contributed by atoms with Crippen LogP contribution in [0.1, 0.15) is 22.5 Å². The van der Waals surface area contributed by atoms with Crippen LogP contribution in [0.4, 0.5) is 5.13 Å². The topological polar surface area (TPSA) is 37.8 Å². The Morgan fingerprint density at radius 1 is 1.47 bits per heavy atom. The highest BCUT2D eigenvalue weighted by atomic mass is 32.1. The summed E-state index contributed by atoms with van der Waals surface area (Å²) < 4.78 is 0. The van der Waals surface area contributed by atoms with Gasteiger partial charge in [0.1, 0.15) is 5.01 Å². The molecule has 5 heteroatoms. The number of nitrogens with zero attached hydrogens (tertiary/aromatic N) is 2. The zero-order valence-electron chi connectivity index (χ0n) is 8.78. The molecule has 2 heterocycles. The Morgan fingerprint density at radius 2 is 2.33 bits per heavy atom. The molecule has 0 bridgehead atoms. The number of aromatic nitrogens is 2. The fourth-order valence-corrected chi connectivity index (χ4v) is 2.70. The maximum absolute atomic E-state index is 4.43. The van der Waals surface area contributed by atoms with Crippen LogP contribution in [0.3, 0.4) is 0 Å². The molecular formula is C10H13N3S2. The summed E-state index contributed by atoms with van der Waals surface area (Å²) in [6, 6.07) is 0. The number of rotatable bonds is 4. The van der Waals surface area contributed by atoms with Gasteiger partial charge in [-0.2, -0.15) is 0 Å². The summed E-state index contributed by atoms with van der Waals surface area (Å²) in [5.74, 6) is 0. The molecule has 0 unspecified atom stereocenters. The highest BCUT2D eigenvalue weighted by Gasteiger charge is 2.01. The molecule has 0 saturated carbocycles. The molecule has 80 valence electrons. The molecule has 2 aromatic heterocycles. The van der Waals surface area contributed by atoms with Crippen molar-refractivity contribution in [3.8, 4) is 0 Å². The average Bonchev–Trinajstić information content (AvgIpc) is 2.83. The summed E-state index contributed by atoms with van der Waals surface area (Å²) >= 11 is 3.38. The van der Waals surface area contributed by atoms with E-state index in [0.717, 1.165) is 28.8 Å². The van der Waals surface area contributed by atoms with Crippen molar-refractivity contribution in [2.75, 3.05) is 5.32 Å². The van der Waals surface area contributed by atoms with Gasteiger partial charge in [-0.15, -0.1) is 22.7 Å². The van der Waals surface area contributed by atoms with Gasteiger partial charge in [0, 0.05) is 16.5 Å². The van der Waals surface area contributed by atoms with Crippen molar-refractivity contribution in [3.05, 3.63) is 27.2 Å². The van der Waals surface area contributed by atoms with E-state index in [1.165, 1.54) is 4.88 Å². The van der Waals surface area contributed by atoms with Crippen molar-refractivity contribution in [2.45, 2.75) is 26.8 Å². The summed E-state index contributed by atoms with van der Waals surface area (Å²) in [6.07, 6.45) is 2.90. The third-order valence-corrected chi connectivity index (χ3v) is 3.74. The Labute approximate surface area is 97.2 Å². The third-order valence-electron chi connectivity index (χ3n) is 1.97. The summed E-state index contributed by atoms with van der Waals surface area (Å²) in [5, 5.41) is 7.47. The van der Waals surface area contributed by atoms with Crippen LogP contribution in [-0.2, 0) is 13.0 Å². The van der Waals surface area contributed by atoms with E-state index in [1.807, 2.05) is 6.20 Å². The second-order valence-electron chi connectivity index (χ2n) is 3.22. The Kier molecular flexibility index (Phi) is 3.33. The van der Waals surface area contributed by atoms with Crippen molar-refractivity contribution in [1.82, 2.24) is 9.97 Å². The molecule has 1 N–H and O–H groups in total. The van der Waals surface area contributed by atoms with Gasteiger partial charge < -0.3 is 5.32 Å². The van der Waals surface area contributed by atoms with E-state index < -0.39 is 0 Å². The second-order valence-corrected chi connectivity index (χ2v) is 5.39. The van der Waals surface area contributed by atoms with Crippen LogP contribution in [-0.4, -0.2) is 9.97 Å². The van der Waals surface area contributed by atoms with Gasteiger partial charge >= 0.3 is 0 Å². The largest absolute Gasteiger partial charge is 0.355 e. The fourth-order valence-electron chi connectivity index (χ4n) is 1.18. The highest BCUT2D eigenvalue weighted by Crippen LogP contribution is 2.18. The predicted molar refractivity (Wildman–Crippen MR) is 65.7 cm³/mol. The van der Waals surface area contributed by atoms with Crippen molar-refractivity contribution in [2.24, 2.45) is 0 Å². The molecule has 0 fully saturated rings. The van der Waals surface area contributed by atoms with Crippen LogP contribution in [0.15, 0.2) is 11.6 Å². The van der Waals surface area contributed by atoms with E-state index in [-0.39, 0.29) is 0 Å². The predicted octanol–water partition coefficient (Wildman–Crippen LogP) is 3.08. The Balaban J connectivity index is 1.93. The second kappa shape index (κ2) is 4.72. The third kappa shape index (κ3) is 2.76. The van der Waals surface area contributed by atoms with Gasteiger partial charge in [0.05, 0.1) is 12.2 Å². The molecule has 0 aliphatic rings. The number of hydrogen-bond acceptors (Lipinski definition) is 5. The number of hydrogen-bond donors (Lipinski definition) is 1. The highest BCUT2D eigenvalue weighted by molar-refractivity contribution is 7.13. The molecule has 0 amide bonds. The van der Waals surface area contributed by atoms with E-state index in [1.54, 1.807) is 22.7 Å². The van der Waals surface area contributed by atoms with Crippen LogP contribution < -0.4 is 5.32 Å². The van der Waals surface area contributed by atoms with Gasteiger partial charge in [0.2, 0.25) is 0 Å². The summed E-state index contributed by atoms with van der Waals surface area (Å²) in [5.41, 5.74) is 1.15. The van der Waals surface area contributed by atoms with Gasteiger partial charge in [-0.1, -0.05) is 6.92 Å². The zero-order chi connectivity index (χ0) is 10.7.